The van der Waals surface area contributed by atoms with Crippen molar-refractivity contribution in [3.05, 3.63) is 53.2 Å². The van der Waals surface area contributed by atoms with Crippen molar-refractivity contribution in [3.8, 4) is 0 Å². The van der Waals surface area contributed by atoms with Crippen LogP contribution in [0.25, 0.3) is 0 Å². The Morgan fingerprint density at radius 1 is 1.48 bits per heavy atom. The molecule has 2 unspecified atom stereocenters. The quantitative estimate of drug-likeness (QED) is 0.511. The number of hydrogen-bond acceptors (Lipinski definition) is 7. The first kappa shape index (κ1) is 18.9. The fraction of sp³-hybridized carbons (Fsp3) is 0.389. The van der Waals surface area contributed by atoms with Crippen LogP contribution in [-0.4, -0.2) is 58.9 Å². The number of hydrogen-bond donors (Lipinski definition) is 4. The van der Waals surface area contributed by atoms with Crippen LogP contribution in [0.5, 0.6) is 0 Å². The molecule has 1 saturated heterocycles. The number of likely N-dealkylation sites (N-methyl/N-ethyl adjacent to an activating group) is 1. The number of aryl methyl sites for hydroxylation is 1. The van der Waals surface area contributed by atoms with Gasteiger partial charge in [0.1, 0.15) is 18.1 Å². The fourth-order valence-corrected chi connectivity index (χ4v) is 2.81. The summed E-state index contributed by atoms with van der Waals surface area (Å²) in [6, 6.07) is 1.38. The average Bonchev–Trinajstić information content (AvgIpc) is 3.24. The Balaban J connectivity index is 1.76. The third-order valence-corrected chi connectivity index (χ3v) is 4.41. The number of nitrogens with one attached hydrogen (secondary N) is 3. The van der Waals surface area contributed by atoms with Crippen LogP contribution in [-0.2, 0) is 27.9 Å². The summed E-state index contributed by atoms with van der Waals surface area (Å²) in [7, 11) is 3.44. The number of nitrogens with zero attached hydrogens (tertiary/aromatic N) is 2. The molecule has 0 radical (unpaired) electrons. The zero-order valence-electron chi connectivity index (χ0n) is 15.2. The van der Waals surface area contributed by atoms with Crippen LogP contribution in [0.3, 0.4) is 0 Å². The van der Waals surface area contributed by atoms with Crippen molar-refractivity contribution in [2.45, 2.75) is 18.8 Å². The van der Waals surface area contributed by atoms with E-state index < -0.39 is 18.1 Å². The summed E-state index contributed by atoms with van der Waals surface area (Å²) in [5.41, 5.74) is 1.72. The molecular weight excluding hydrogens is 350 g/mol. The molecule has 1 amide bonds. The molecule has 0 saturated carbocycles. The number of carbonyl (C=O) groups is 1. The smallest absolute Gasteiger partial charge is 0.268 e. The lowest BCUT2D eigenvalue weighted by Gasteiger charge is -2.19. The zero-order chi connectivity index (χ0) is 19.4. The lowest BCUT2D eigenvalue weighted by atomic mass is 10.0. The maximum Gasteiger partial charge on any atom is 0.268 e. The highest BCUT2D eigenvalue weighted by Crippen LogP contribution is 2.19. The second-order valence-corrected chi connectivity index (χ2v) is 6.25. The molecule has 2 heterocycles. The summed E-state index contributed by atoms with van der Waals surface area (Å²) in [6.45, 7) is 0.770. The highest BCUT2D eigenvalue weighted by Gasteiger charge is 2.29. The van der Waals surface area contributed by atoms with E-state index in [1.165, 1.54) is 0 Å². The van der Waals surface area contributed by atoms with Gasteiger partial charge in [0, 0.05) is 25.9 Å². The molecule has 2 aliphatic rings. The number of aliphatic hydroxyl groups excluding tert-OH is 1. The molecule has 1 fully saturated rings. The molecule has 4 N–H and O–H groups in total. The van der Waals surface area contributed by atoms with Gasteiger partial charge in [-0.05, 0) is 24.3 Å². The minimum Gasteiger partial charge on any atom is -0.487 e. The summed E-state index contributed by atoms with van der Waals surface area (Å²) in [5.74, 6) is 0.122. The number of ether oxygens (including phenoxy) is 2. The van der Waals surface area contributed by atoms with E-state index in [0.29, 0.717) is 17.9 Å². The summed E-state index contributed by atoms with van der Waals surface area (Å²) in [6.07, 6.45) is 5.85. The summed E-state index contributed by atoms with van der Waals surface area (Å²) >= 11 is 0. The van der Waals surface area contributed by atoms with Crippen LogP contribution in [0.1, 0.15) is 5.69 Å². The van der Waals surface area contributed by atoms with Crippen molar-refractivity contribution in [1.29, 1.82) is 5.41 Å². The van der Waals surface area contributed by atoms with Gasteiger partial charge in [-0.25, -0.2) is 0 Å². The number of allylic oxidation sites excluding steroid dienone is 4. The van der Waals surface area contributed by atoms with Crippen LogP contribution >= 0.6 is 0 Å². The molecule has 1 aliphatic carbocycles. The van der Waals surface area contributed by atoms with E-state index in [0.717, 1.165) is 5.69 Å². The van der Waals surface area contributed by atoms with Gasteiger partial charge in [-0.15, -0.1) is 0 Å². The minimum atomic E-state index is -0.740. The van der Waals surface area contributed by atoms with Crippen molar-refractivity contribution in [2.75, 3.05) is 20.3 Å². The Morgan fingerprint density at radius 2 is 2.30 bits per heavy atom. The van der Waals surface area contributed by atoms with Crippen molar-refractivity contribution >= 4 is 11.6 Å². The number of aliphatic hydroxyl groups is 1. The second-order valence-electron chi connectivity index (χ2n) is 6.25. The van der Waals surface area contributed by atoms with Crippen molar-refractivity contribution in [2.24, 2.45) is 7.05 Å². The van der Waals surface area contributed by atoms with Crippen LogP contribution < -0.4 is 10.6 Å². The number of rotatable bonds is 6. The second kappa shape index (κ2) is 8.19. The molecule has 1 aliphatic heterocycles. The molecule has 0 bridgehead atoms. The SMILES string of the molecule is CN/C(C(=O)NC1COCC1O)=C1/C=C(OCc2ccnn2C)C=CC1=N. The summed E-state index contributed by atoms with van der Waals surface area (Å²) in [4.78, 5) is 12.6. The van der Waals surface area contributed by atoms with Gasteiger partial charge in [0.25, 0.3) is 5.91 Å². The maximum atomic E-state index is 12.6. The van der Waals surface area contributed by atoms with Crippen LogP contribution in [0.15, 0.2) is 47.5 Å². The minimum absolute atomic E-state index is 0.186. The predicted octanol–water partition coefficient (Wildman–Crippen LogP) is -0.240. The fourth-order valence-electron chi connectivity index (χ4n) is 2.81. The molecule has 9 heteroatoms. The van der Waals surface area contributed by atoms with E-state index >= 15 is 0 Å². The van der Waals surface area contributed by atoms with Crippen LogP contribution in [0.4, 0.5) is 0 Å². The topological polar surface area (TPSA) is 121 Å². The molecule has 1 aromatic heterocycles. The van der Waals surface area contributed by atoms with E-state index in [2.05, 4.69) is 15.7 Å². The molecule has 0 aromatic carbocycles. The molecule has 3 rings (SSSR count). The average molecular weight is 373 g/mol. The van der Waals surface area contributed by atoms with Gasteiger partial charge in [-0.1, -0.05) is 0 Å². The molecule has 9 nitrogen and oxygen atoms in total. The maximum absolute atomic E-state index is 12.6. The first-order valence-electron chi connectivity index (χ1n) is 8.56. The van der Waals surface area contributed by atoms with Gasteiger partial charge in [-0.3, -0.25) is 9.48 Å². The molecule has 2 atom stereocenters. The molecule has 0 spiro atoms. The first-order valence-corrected chi connectivity index (χ1v) is 8.56. The van der Waals surface area contributed by atoms with Gasteiger partial charge in [0.2, 0.25) is 0 Å². The normalized spacial score (nSPS) is 23.8. The van der Waals surface area contributed by atoms with E-state index in [9.17, 15) is 9.90 Å². The van der Waals surface area contributed by atoms with Crippen molar-refractivity contribution in [3.63, 3.8) is 0 Å². The van der Waals surface area contributed by atoms with E-state index in [1.54, 1.807) is 36.2 Å². The molecule has 27 heavy (non-hydrogen) atoms. The molecule has 144 valence electrons. The summed E-state index contributed by atoms with van der Waals surface area (Å²) in [5, 5.41) is 27.6. The Morgan fingerprint density at radius 3 is 2.93 bits per heavy atom. The molecular formula is C18H23N5O4. The van der Waals surface area contributed by atoms with E-state index in [-0.39, 0.29) is 24.6 Å². The van der Waals surface area contributed by atoms with Gasteiger partial charge >= 0.3 is 0 Å². The van der Waals surface area contributed by atoms with Gasteiger partial charge in [-0.2, -0.15) is 5.10 Å². The number of carbonyl (C=O) groups excluding carboxylic acids is 1. The third kappa shape index (κ3) is 4.26. The Labute approximate surface area is 156 Å². The first-order chi connectivity index (χ1) is 13.0. The standard InChI is InChI=1S/C18H23N5O4/c1-20-17(18(25)22-15-9-26-10-16(15)24)13-7-12(3-4-14(13)19)27-8-11-5-6-21-23(11)2/h3-7,15-16,19-20,24H,8-10H2,1-2H3,(H,22,25)/b17-13-,19-14?. The van der Waals surface area contributed by atoms with E-state index in [1.807, 2.05) is 13.1 Å². The van der Waals surface area contributed by atoms with Gasteiger partial charge in [0.05, 0.1) is 36.8 Å². The van der Waals surface area contributed by atoms with Crippen molar-refractivity contribution < 1.29 is 19.4 Å². The highest BCUT2D eigenvalue weighted by atomic mass is 16.5. The molecule has 1 aromatic rings. The number of aromatic nitrogens is 2. The van der Waals surface area contributed by atoms with Crippen molar-refractivity contribution in [1.82, 2.24) is 20.4 Å². The Bertz CT molecular complexity index is 823. The Hall–Kier alpha value is -2.91. The lowest BCUT2D eigenvalue weighted by molar-refractivity contribution is -0.119. The zero-order valence-corrected chi connectivity index (χ0v) is 15.2. The monoisotopic (exact) mass is 373 g/mol. The largest absolute Gasteiger partial charge is 0.487 e. The van der Waals surface area contributed by atoms with Crippen LogP contribution in [0.2, 0.25) is 0 Å². The highest BCUT2D eigenvalue weighted by molar-refractivity contribution is 6.14. The summed E-state index contributed by atoms with van der Waals surface area (Å²) < 4.78 is 12.6. The van der Waals surface area contributed by atoms with Crippen LogP contribution in [0, 0.1) is 5.41 Å². The number of amides is 1. The predicted molar refractivity (Wildman–Crippen MR) is 97.8 cm³/mol. The Kier molecular flexibility index (Phi) is 5.72. The van der Waals surface area contributed by atoms with Gasteiger partial charge < -0.3 is 30.6 Å². The van der Waals surface area contributed by atoms with Gasteiger partial charge in [0.15, 0.2) is 0 Å². The lowest BCUT2D eigenvalue weighted by Crippen LogP contribution is -2.45. The third-order valence-electron chi connectivity index (χ3n) is 4.41. The van der Waals surface area contributed by atoms with E-state index in [4.69, 9.17) is 14.9 Å².